The maximum atomic E-state index is 10.7. The molecule has 0 bridgehead atoms. The Labute approximate surface area is 69.2 Å². The van der Waals surface area contributed by atoms with E-state index in [2.05, 4.69) is 18.6 Å². The van der Waals surface area contributed by atoms with Crippen LogP contribution in [-0.2, 0) is 10.0 Å². The number of sulfonamides is 1. The maximum Gasteiger partial charge on any atom is 0.208 e. The van der Waals surface area contributed by atoms with Crippen molar-refractivity contribution in [3.63, 3.8) is 0 Å². The van der Waals surface area contributed by atoms with E-state index < -0.39 is 10.0 Å². The first-order chi connectivity index (χ1) is 4.81. The Hall–Kier alpha value is -0.0900. The Morgan fingerprint density at radius 1 is 1.27 bits per heavy atom. The average Bonchev–Trinajstić information content (AvgIpc) is 1.53. The molecule has 68 valence electrons. The molecule has 0 saturated heterocycles. The molecule has 0 rings (SSSR count). The molecule has 0 radical (unpaired) electrons. The summed E-state index contributed by atoms with van der Waals surface area (Å²) < 4.78 is 23.9. The summed E-state index contributed by atoms with van der Waals surface area (Å²) in [4.78, 5) is 0. The first-order valence-electron chi connectivity index (χ1n) is 3.78. The minimum atomic E-state index is -3.02. The maximum absolute atomic E-state index is 10.7. The molecule has 0 aliphatic heterocycles. The molecule has 1 atom stereocenters. The highest BCUT2D eigenvalue weighted by atomic mass is 32.2. The van der Waals surface area contributed by atoms with Crippen LogP contribution >= 0.6 is 0 Å². The minimum Gasteiger partial charge on any atom is -0.213 e. The van der Waals surface area contributed by atoms with Crippen LogP contribution in [0.2, 0.25) is 0 Å². The lowest BCUT2D eigenvalue weighted by Crippen LogP contribution is -2.32. The normalized spacial score (nSPS) is 15.4. The van der Waals surface area contributed by atoms with Crippen molar-refractivity contribution in [3.05, 3.63) is 0 Å². The highest BCUT2D eigenvalue weighted by Crippen LogP contribution is 2.03. The molecule has 0 heterocycles. The Balaban J connectivity index is 3.80. The van der Waals surface area contributed by atoms with Crippen molar-refractivity contribution in [3.8, 4) is 0 Å². The summed E-state index contributed by atoms with van der Waals surface area (Å²) in [5, 5.41) is 0. The van der Waals surface area contributed by atoms with Gasteiger partial charge in [0.2, 0.25) is 10.0 Å². The smallest absolute Gasteiger partial charge is 0.208 e. The van der Waals surface area contributed by atoms with Gasteiger partial charge in [-0.1, -0.05) is 13.8 Å². The van der Waals surface area contributed by atoms with Gasteiger partial charge in [0.05, 0.1) is 6.26 Å². The Bertz CT molecular complexity index is 196. The van der Waals surface area contributed by atoms with Gasteiger partial charge < -0.3 is 0 Å². The molecule has 0 saturated carbocycles. The zero-order chi connectivity index (χ0) is 9.07. The molecule has 1 N–H and O–H groups in total. The van der Waals surface area contributed by atoms with Gasteiger partial charge in [0.1, 0.15) is 0 Å². The summed E-state index contributed by atoms with van der Waals surface area (Å²) in [5.74, 6) is 0.527. The molecular weight excluding hydrogens is 162 g/mol. The standard InChI is InChI=1S/C7H17NO2S/c1-6(2)5-7(3)8-11(4,9)10/h6-8H,5H2,1-4H3/t7-/m1/s1. The van der Waals surface area contributed by atoms with Gasteiger partial charge in [0, 0.05) is 6.04 Å². The fourth-order valence-electron chi connectivity index (χ4n) is 1.12. The minimum absolute atomic E-state index is 0.0463. The molecular formula is C7H17NO2S. The van der Waals surface area contributed by atoms with Crippen LogP contribution in [-0.4, -0.2) is 20.7 Å². The van der Waals surface area contributed by atoms with E-state index in [9.17, 15) is 8.42 Å². The van der Waals surface area contributed by atoms with E-state index in [1.165, 1.54) is 6.26 Å². The van der Waals surface area contributed by atoms with Crippen molar-refractivity contribution in [2.45, 2.75) is 33.2 Å². The van der Waals surface area contributed by atoms with Crippen molar-refractivity contribution < 1.29 is 8.42 Å². The Morgan fingerprint density at radius 3 is 2.00 bits per heavy atom. The van der Waals surface area contributed by atoms with Crippen LogP contribution in [0, 0.1) is 5.92 Å². The molecule has 0 fully saturated rings. The molecule has 0 spiro atoms. The van der Waals surface area contributed by atoms with Crippen molar-refractivity contribution in [2.75, 3.05) is 6.26 Å². The quantitative estimate of drug-likeness (QED) is 0.699. The van der Waals surface area contributed by atoms with Gasteiger partial charge >= 0.3 is 0 Å². The predicted molar refractivity (Wildman–Crippen MR) is 46.9 cm³/mol. The van der Waals surface area contributed by atoms with Crippen LogP contribution < -0.4 is 4.72 Å². The van der Waals surface area contributed by atoms with E-state index >= 15 is 0 Å². The van der Waals surface area contributed by atoms with Gasteiger partial charge in [-0.05, 0) is 19.3 Å². The molecule has 0 aromatic heterocycles. The van der Waals surface area contributed by atoms with Gasteiger partial charge in [0.25, 0.3) is 0 Å². The van der Waals surface area contributed by atoms with Crippen molar-refractivity contribution in [2.24, 2.45) is 5.92 Å². The number of hydrogen-bond acceptors (Lipinski definition) is 2. The number of hydrogen-bond donors (Lipinski definition) is 1. The van der Waals surface area contributed by atoms with E-state index in [0.29, 0.717) is 5.92 Å². The largest absolute Gasteiger partial charge is 0.213 e. The summed E-state index contributed by atoms with van der Waals surface area (Å²) in [6.45, 7) is 6.02. The SMILES string of the molecule is CC(C)C[C@@H](C)NS(C)(=O)=O. The highest BCUT2D eigenvalue weighted by molar-refractivity contribution is 7.88. The van der Waals surface area contributed by atoms with Gasteiger partial charge in [-0.3, -0.25) is 0 Å². The van der Waals surface area contributed by atoms with Crippen LogP contribution in [0.5, 0.6) is 0 Å². The van der Waals surface area contributed by atoms with E-state index in [0.717, 1.165) is 6.42 Å². The summed E-state index contributed by atoms with van der Waals surface area (Å²) in [6.07, 6.45) is 2.07. The fourth-order valence-corrected chi connectivity index (χ4v) is 1.95. The summed E-state index contributed by atoms with van der Waals surface area (Å²) in [5.41, 5.74) is 0. The number of nitrogens with one attached hydrogen (secondary N) is 1. The second-order valence-corrected chi connectivity index (χ2v) is 5.20. The molecule has 0 aromatic carbocycles. The zero-order valence-electron chi connectivity index (χ0n) is 7.59. The van der Waals surface area contributed by atoms with Gasteiger partial charge in [-0.25, -0.2) is 13.1 Å². The third-order valence-corrected chi connectivity index (χ3v) is 2.07. The average molecular weight is 179 g/mol. The van der Waals surface area contributed by atoms with Crippen LogP contribution in [0.4, 0.5) is 0 Å². The third kappa shape index (κ3) is 7.81. The van der Waals surface area contributed by atoms with Crippen LogP contribution in [0.1, 0.15) is 27.2 Å². The van der Waals surface area contributed by atoms with E-state index in [1.54, 1.807) is 0 Å². The first kappa shape index (κ1) is 10.9. The lowest BCUT2D eigenvalue weighted by atomic mass is 10.1. The lowest BCUT2D eigenvalue weighted by molar-refractivity contribution is 0.484. The van der Waals surface area contributed by atoms with Crippen molar-refractivity contribution >= 4 is 10.0 Å². The molecule has 4 heteroatoms. The van der Waals surface area contributed by atoms with E-state index in [-0.39, 0.29) is 6.04 Å². The Kier molecular flexibility index (Phi) is 4.03. The summed E-state index contributed by atoms with van der Waals surface area (Å²) >= 11 is 0. The zero-order valence-corrected chi connectivity index (χ0v) is 8.40. The fraction of sp³-hybridized carbons (Fsp3) is 1.00. The summed E-state index contributed by atoms with van der Waals surface area (Å²) in [7, 11) is -3.02. The molecule has 11 heavy (non-hydrogen) atoms. The predicted octanol–water partition coefficient (Wildman–Crippen LogP) is 0.970. The Morgan fingerprint density at radius 2 is 1.73 bits per heavy atom. The van der Waals surface area contributed by atoms with Gasteiger partial charge in [-0.2, -0.15) is 0 Å². The molecule has 0 aliphatic carbocycles. The molecule has 0 amide bonds. The molecule has 0 unspecified atom stereocenters. The van der Waals surface area contributed by atoms with Crippen molar-refractivity contribution in [1.82, 2.24) is 4.72 Å². The summed E-state index contributed by atoms with van der Waals surface area (Å²) in [6, 6.07) is 0.0463. The van der Waals surface area contributed by atoms with Crippen molar-refractivity contribution in [1.29, 1.82) is 0 Å². The van der Waals surface area contributed by atoms with E-state index in [4.69, 9.17) is 0 Å². The monoisotopic (exact) mass is 179 g/mol. The van der Waals surface area contributed by atoms with Gasteiger partial charge in [-0.15, -0.1) is 0 Å². The van der Waals surface area contributed by atoms with Gasteiger partial charge in [0.15, 0.2) is 0 Å². The molecule has 0 aromatic rings. The topological polar surface area (TPSA) is 46.2 Å². The second kappa shape index (κ2) is 4.07. The molecule has 3 nitrogen and oxygen atoms in total. The highest BCUT2D eigenvalue weighted by Gasteiger charge is 2.09. The van der Waals surface area contributed by atoms with Crippen LogP contribution in [0.15, 0.2) is 0 Å². The first-order valence-corrected chi connectivity index (χ1v) is 5.67. The van der Waals surface area contributed by atoms with Crippen LogP contribution in [0.25, 0.3) is 0 Å². The lowest BCUT2D eigenvalue weighted by Gasteiger charge is -2.13. The van der Waals surface area contributed by atoms with E-state index in [1.807, 2.05) is 6.92 Å². The number of rotatable bonds is 4. The van der Waals surface area contributed by atoms with Crippen LogP contribution in [0.3, 0.4) is 0 Å². The second-order valence-electron chi connectivity index (χ2n) is 3.42. The third-order valence-electron chi connectivity index (χ3n) is 1.24. The molecule has 0 aliphatic rings.